The van der Waals surface area contributed by atoms with Crippen molar-refractivity contribution < 1.29 is 4.52 Å². The van der Waals surface area contributed by atoms with Crippen LogP contribution in [0.4, 0.5) is 5.88 Å². The Bertz CT molecular complexity index is 550. The van der Waals surface area contributed by atoms with Gasteiger partial charge in [0, 0.05) is 16.5 Å². The van der Waals surface area contributed by atoms with E-state index in [-0.39, 0.29) is 5.92 Å². The molecule has 1 unspecified atom stereocenters. The summed E-state index contributed by atoms with van der Waals surface area (Å²) in [4.78, 5) is 0. The van der Waals surface area contributed by atoms with Crippen LogP contribution in [0.15, 0.2) is 28.8 Å². The molecule has 0 fully saturated rings. The Hall–Kier alpha value is -1.48. The molecule has 4 heteroatoms. The fourth-order valence-electron chi connectivity index (χ4n) is 2.58. The van der Waals surface area contributed by atoms with Crippen LogP contribution >= 0.6 is 11.6 Å². The summed E-state index contributed by atoms with van der Waals surface area (Å²) >= 11 is 6.25. The molecule has 3 rings (SSSR count). The van der Waals surface area contributed by atoms with Crippen molar-refractivity contribution in [2.75, 3.05) is 5.73 Å². The second kappa shape index (κ2) is 4.08. The molecule has 1 atom stereocenters. The van der Waals surface area contributed by atoms with Crippen molar-refractivity contribution in [2.24, 2.45) is 0 Å². The SMILES string of the molecule is Nc1onc2c1C(c1ccccc1Cl)CCC2. The van der Waals surface area contributed by atoms with Crippen LogP contribution in [0.25, 0.3) is 0 Å². The van der Waals surface area contributed by atoms with Crippen LogP contribution in [0.3, 0.4) is 0 Å². The van der Waals surface area contributed by atoms with E-state index in [1.54, 1.807) is 0 Å². The van der Waals surface area contributed by atoms with Gasteiger partial charge in [0.05, 0.1) is 5.69 Å². The molecule has 1 aliphatic carbocycles. The minimum atomic E-state index is 0.221. The van der Waals surface area contributed by atoms with E-state index in [9.17, 15) is 0 Å². The number of hydrogen-bond donors (Lipinski definition) is 1. The van der Waals surface area contributed by atoms with E-state index in [4.69, 9.17) is 21.9 Å². The van der Waals surface area contributed by atoms with Crippen LogP contribution in [-0.2, 0) is 6.42 Å². The number of aryl methyl sites for hydroxylation is 1. The quantitative estimate of drug-likeness (QED) is 0.842. The highest BCUT2D eigenvalue weighted by atomic mass is 35.5. The van der Waals surface area contributed by atoms with Gasteiger partial charge >= 0.3 is 0 Å². The molecular weight excluding hydrogens is 236 g/mol. The number of fused-ring (bicyclic) bond motifs is 1. The van der Waals surface area contributed by atoms with Gasteiger partial charge in [-0.1, -0.05) is 35.0 Å². The number of hydrogen-bond acceptors (Lipinski definition) is 3. The van der Waals surface area contributed by atoms with Crippen LogP contribution in [0.5, 0.6) is 0 Å². The number of halogens is 1. The molecular formula is C13H13ClN2O. The molecule has 2 N–H and O–H groups in total. The molecule has 1 heterocycles. The lowest BCUT2D eigenvalue weighted by Gasteiger charge is -2.22. The number of anilines is 1. The summed E-state index contributed by atoms with van der Waals surface area (Å²) in [5.41, 5.74) is 9.00. The molecule has 0 amide bonds. The van der Waals surface area contributed by atoms with Gasteiger partial charge in [-0.3, -0.25) is 0 Å². The van der Waals surface area contributed by atoms with Crippen LogP contribution in [0.1, 0.15) is 35.6 Å². The van der Waals surface area contributed by atoms with Gasteiger partial charge in [-0.15, -0.1) is 0 Å². The summed E-state index contributed by atoms with van der Waals surface area (Å²) in [7, 11) is 0. The topological polar surface area (TPSA) is 52.0 Å². The Balaban J connectivity index is 2.12. The molecule has 1 aromatic carbocycles. The maximum Gasteiger partial charge on any atom is 0.226 e. The van der Waals surface area contributed by atoms with Crippen molar-refractivity contribution >= 4 is 17.5 Å². The molecule has 0 bridgehead atoms. The van der Waals surface area contributed by atoms with Gasteiger partial charge < -0.3 is 10.3 Å². The highest BCUT2D eigenvalue weighted by molar-refractivity contribution is 6.31. The van der Waals surface area contributed by atoms with E-state index in [2.05, 4.69) is 11.2 Å². The van der Waals surface area contributed by atoms with Crippen molar-refractivity contribution in [1.29, 1.82) is 0 Å². The lowest BCUT2D eigenvalue weighted by Crippen LogP contribution is -2.11. The van der Waals surface area contributed by atoms with E-state index in [1.807, 2.05) is 18.2 Å². The fraction of sp³-hybridized carbons (Fsp3) is 0.308. The minimum absolute atomic E-state index is 0.221. The van der Waals surface area contributed by atoms with Crippen molar-refractivity contribution in [3.63, 3.8) is 0 Å². The lowest BCUT2D eigenvalue weighted by atomic mass is 9.82. The minimum Gasteiger partial charge on any atom is -0.367 e. The molecule has 1 aromatic heterocycles. The zero-order valence-electron chi connectivity index (χ0n) is 9.32. The van der Waals surface area contributed by atoms with E-state index in [1.165, 1.54) is 0 Å². The number of aromatic nitrogens is 1. The Labute approximate surface area is 105 Å². The molecule has 1 aliphatic rings. The Morgan fingerprint density at radius 1 is 1.35 bits per heavy atom. The van der Waals surface area contributed by atoms with Crippen molar-refractivity contribution in [3.8, 4) is 0 Å². The van der Waals surface area contributed by atoms with Gasteiger partial charge in [0.2, 0.25) is 5.88 Å². The predicted octanol–water partition coefficient (Wildman–Crippen LogP) is 3.38. The number of nitrogen functional groups attached to an aromatic ring is 1. The molecule has 3 nitrogen and oxygen atoms in total. The summed E-state index contributed by atoms with van der Waals surface area (Å²) in [5, 5.41) is 4.80. The predicted molar refractivity (Wildman–Crippen MR) is 67.1 cm³/mol. The Morgan fingerprint density at radius 2 is 2.18 bits per heavy atom. The van der Waals surface area contributed by atoms with E-state index in [0.717, 1.165) is 41.1 Å². The molecule has 0 radical (unpaired) electrons. The average molecular weight is 249 g/mol. The fourth-order valence-corrected chi connectivity index (χ4v) is 2.85. The second-order valence-corrected chi connectivity index (χ2v) is 4.78. The van der Waals surface area contributed by atoms with Gasteiger partial charge in [-0.05, 0) is 30.9 Å². The van der Waals surface area contributed by atoms with Crippen LogP contribution in [0, 0.1) is 0 Å². The molecule has 2 aromatic rings. The van der Waals surface area contributed by atoms with E-state index >= 15 is 0 Å². The van der Waals surface area contributed by atoms with Gasteiger partial charge in [0.25, 0.3) is 0 Å². The molecule has 0 spiro atoms. The van der Waals surface area contributed by atoms with Crippen molar-refractivity contribution in [2.45, 2.75) is 25.2 Å². The number of rotatable bonds is 1. The summed E-state index contributed by atoms with van der Waals surface area (Å²) in [6, 6.07) is 7.90. The molecule has 0 aliphatic heterocycles. The third kappa shape index (κ3) is 1.71. The van der Waals surface area contributed by atoms with Gasteiger partial charge in [-0.25, -0.2) is 0 Å². The highest BCUT2D eigenvalue weighted by Crippen LogP contribution is 2.41. The Morgan fingerprint density at radius 3 is 3.00 bits per heavy atom. The summed E-state index contributed by atoms with van der Waals surface area (Å²) in [5.74, 6) is 0.656. The lowest BCUT2D eigenvalue weighted by molar-refractivity contribution is 0.427. The monoisotopic (exact) mass is 248 g/mol. The van der Waals surface area contributed by atoms with Gasteiger partial charge in [0.15, 0.2) is 0 Å². The number of nitrogens with two attached hydrogens (primary N) is 1. The first-order chi connectivity index (χ1) is 8.27. The zero-order chi connectivity index (χ0) is 11.8. The zero-order valence-corrected chi connectivity index (χ0v) is 10.1. The third-order valence-corrected chi connectivity index (χ3v) is 3.71. The van der Waals surface area contributed by atoms with Gasteiger partial charge in [0.1, 0.15) is 0 Å². The first-order valence-corrected chi connectivity index (χ1v) is 6.13. The standard InChI is InChI=1S/C13H13ClN2O/c14-10-6-2-1-4-8(10)9-5-3-7-11-12(9)13(15)17-16-11/h1-2,4,6,9H,3,5,7,15H2. The van der Waals surface area contributed by atoms with Crippen LogP contribution in [-0.4, -0.2) is 5.16 Å². The second-order valence-electron chi connectivity index (χ2n) is 4.37. The number of benzene rings is 1. The first kappa shape index (κ1) is 10.7. The average Bonchev–Trinajstić information content (AvgIpc) is 2.72. The van der Waals surface area contributed by atoms with Crippen molar-refractivity contribution in [1.82, 2.24) is 5.16 Å². The number of nitrogens with zero attached hydrogens (tertiary/aromatic N) is 1. The Kier molecular flexibility index (Phi) is 2.56. The van der Waals surface area contributed by atoms with Gasteiger partial charge in [-0.2, -0.15) is 0 Å². The summed E-state index contributed by atoms with van der Waals surface area (Å²) in [6.07, 6.45) is 3.08. The van der Waals surface area contributed by atoms with E-state index in [0.29, 0.717) is 5.88 Å². The van der Waals surface area contributed by atoms with E-state index < -0.39 is 0 Å². The maximum atomic E-state index is 6.25. The maximum absolute atomic E-state index is 6.25. The van der Waals surface area contributed by atoms with Crippen LogP contribution < -0.4 is 5.73 Å². The molecule has 0 saturated carbocycles. The highest BCUT2D eigenvalue weighted by Gasteiger charge is 2.29. The largest absolute Gasteiger partial charge is 0.367 e. The third-order valence-electron chi connectivity index (χ3n) is 3.37. The smallest absolute Gasteiger partial charge is 0.226 e. The molecule has 0 saturated heterocycles. The van der Waals surface area contributed by atoms with Crippen molar-refractivity contribution in [3.05, 3.63) is 46.1 Å². The first-order valence-electron chi connectivity index (χ1n) is 5.75. The molecule has 17 heavy (non-hydrogen) atoms. The summed E-state index contributed by atoms with van der Waals surface area (Å²) < 4.78 is 5.09. The molecule has 88 valence electrons. The normalized spacial score (nSPS) is 19.0. The van der Waals surface area contributed by atoms with Crippen LogP contribution in [0.2, 0.25) is 5.02 Å². The summed E-state index contributed by atoms with van der Waals surface area (Å²) in [6.45, 7) is 0.